The predicted octanol–water partition coefficient (Wildman–Crippen LogP) is 1.06. The minimum atomic E-state index is 0.0270. The molecule has 2 aromatic heterocycles. The maximum atomic E-state index is 9.64. The number of H-pyrrole nitrogens is 1. The molecule has 0 saturated carbocycles. The zero-order valence-corrected chi connectivity index (χ0v) is 9.81. The van der Waals surface area contributed by atoms with Crippen molar-refractivity contribution in [3.05, 3.63) is 35.7 Å². The van der Waals surface area contributed by atoms with Gasteiger partial charge in [-0.3, -0.25) is 10.1 Å². The van der Waals surface area contributed by atoms with Gasteiger partial charge in [-0.2, -0.15) is 5.10 Å². The molecule has 90 valence electrons. The third-order valence-corrected chi connectivity index (χ3v) is 2.51. The summed E-state index contributed by atoms with van der Waals surface area (Å²) in [7, 11) is 0. The fraction of sp³-hybridized carbons (Fsp3) is 0.364. The fourth-order valence-corrected chi connectivity index (χ4v) is 1.50. The van der Waals surface area contributed by atoms with E-state index in [0.29, 0.717) is 12.2 Å². The highest BCUT2D eigenvalue weighted by atomic mass is 16.3. The van der Waals surface area contributed by atoms with Crippen molar-refractivity contribution in [3.63, 3.8) is 0 Å². The van der Waals surface area contributed by atoms with Gasteiger partial charge in [0.05, 0.1) is 11.7 Å². The molecule has 2 aromatic rings. The second kappa shape index (κ2) is 4.92. The van der Waals surface area contributed by atoms with Crippen LogP contribution < -0.4 is 5.32 Å². The van der Waals surface area contributed by atoms with Gasteiger partial charge < -0.3 is 10.4 Å². The van der Waals surface area contributed by atoms with Gasteiger partial charge in [0.15, 0.2) is 0 Å². The molecule has 0 amide bonds. The molecular weight excluding hydrogens is 218 g/mol. The number of aromatic hydroxyl groups is 1. The monoisotopic (exact) mass is 233 g/mol. The van der Waals surface area contributed by atoms with Crippen LogP contribution in [0.4, 0.5) is 0 Å². The molecule has 0 aliphatic heterocycles. The summed E-state index contributed by atoms with van der Waals surface area (Å²) in [5, 5.41) is 19.4. The third-order valence-electron chi connectivity index (χ3n) is 2.51. The van der Waals surface area contributed by atoms with Gasteiger partial charge in [-0.1, -0.05) is 0 Å². The second-order valence-electron chi connectivity index (χ2n) is 3.89. The van der Waals surface area contributed by atoms with Crippen molar-refractivity contribution in [1.82, 2.24) is 25.5 Å². The van der Waals surface area contributed by atoms with Crippen LogP contribution in [0.2, 0.25) is 0 Å². The van der Waals surface area contributed by atoms with E-state index >= 15 is 0 Å². The van der Waals surface area contributed by atoms with E-state index in [2.05, 4.69) is 25.5 Å². The quantitative estimate of drug-likeness (QED) is 0.735. The molecule has 17 heavy (non-hydrogen) atoms. The summed E-state index contributed by atoms with van der Waals surface area (Å²) in [6.07, 6.45) is 1.47. The first kappa shape index (κ1) is 11.5. The van der Waals surface area contributed by atoms with Crippen molar-refractivity contribution < 1.29 is 5.11 Å². The Bertz CT molecular complexity index is 483. The summed E-state index contributed by atoms with van der Waals surface area (Å²) < 4.78 is 0. The number of aromatic amines is 1. The molecule has 1 unspecified atom stereocenters. The number of nitrogens with zero attached hydrogens (tertiary/aromatic N) is 3. The van der Waals surface area contributed by atoms with E-state index in [1.165, 1.54) is 6.33 Å². The van der Waals surface area contributed by atoms with Crippen molar-refractivity contribution >= 4 is 0 Å². The lowest BCUT2D eigenvalue weighted by Crippen LogP contribution is -2.20. The highest BCUT2D eigenvalue weighted by Gasteiger charge is 2.09. The smallest absolute Gasteiger partial charge is 0.141 e. The first-order chi connectivity index (χ1) is 8.16. The fourth-order valence-electron chi connectivity index (χ4n) is 1.50. The van der Waals surface area contributed by atoms with Crippen molar-refractivity contribution in [1.29, 1.82) is 0 Å². The average molecular weight is 233 g/mol. The van der Waals surface area contributed by atoms with Crippen LogP contribution in [0.5, 0.6) is 5.75 Å². The lowest BCUT2D eigenvalue weighted by atomic mass is 10.2. The Balaban J connectivity index is 2.00. The molecule has 2 heterocycles. The van der Waals surface area contributed by atoms with E-state index in [1.54, 1.807) is 12.1 Å². The van der Waals surface area contributed by atoms with E-state index in [9.17, 15) is 5.11 Å². The maximum absolute atomic E-state index is 9.64. The number of aryl methyl sites for hydroxylation is 1. The van der Waals surface area contributed by atoms with Gasteiger partial charge in [-0.25, -0.2) is 4.98 Å². The van der Waals surface area contributed by atoms with Crippen LogP contribution in [0.25, 0.3) is 0 Å². The van der Waals surface area contributed by atoms with Crippen LogP contribution in [-0.2, 0) is 6.54 Å². The third kappa shape index (κ3) is 2.79. The summed E-state index contributed by atoms with van der Waals surface area (Å²) in [6, 6.07) is 3.45. The van der Waals surface area contributed by atoms with Crippen molar-refractivity contribution in [2.24, 2.45) is 0 Å². The largest absolute Gasteiger partial charge is 0.506 e. The normalized spacial score (nSPS) is 12.6. The Kier molecular flexibility index (Phi) is 3.34. The Morgan fingerprint density at radius 1 is 1.47 bits per heavy atom. The molecule has 0 aromatic carbocycles. The molecule has 3 N–H and O–H groups in total. The minimum absolute atomic E-state index is 0.0270. The Labute approximate surface area is 99.1 Å². The van der Waals surface area contributed by atoms with E-state index in [0.717, 1.165) is 11.5 Å². The molecule has 6 heteroatoms. The summed E-state index contributed by atoms with van der Waals surface area (Å²) in [5.41, 5.74) is 1.52. The van der Waals surface area contributed by atoms with E-state index in [4.69, 9.17) is 0 Å². The van der Waals surface area contributed by atoms with Crippen molar-refractivity contribution in [2.75, 3.05) is 0 Å². The molecule has 0 saturated heterocycles. The standard InChI is InChI=1S/C11H15N5O/c1-7-3-4-10(17)9(15-7)5-12-8(2)11-13-6-14-16-11/h3-4,6,8,12,17H,5H2,1-2H3,(H,13,14,16). The van der Waals surface area contributed by atoms with Gasteiger partial charge >= 0.3 is 0 Å². The number of rotatable bonds is 4. The molecule has 0 spiro atoms. The van der Waals surface area contributed by atoms with Gasteiger partial charge in [0.25, 0.3) is 0 Å². The molecule has 0 aliphatic rings. The molecule has 0 bridgehead atoms. The van der Waals surface area contributed by atoms with E-state index in [1.807, 2.05) is 13.8 Å². The van der Waals surface area contributed by atoms with Crippen LogP contribution in [-0.4, -0.2) is 25.3 Å². The van der Waals surface area contributed by atoms with Crippen LogP contribution >= 0.6 is 0 Å². The summed E-state index contributed by atoms with van der Waals surface area (Å²) in [4.78, 5) is 8.32. The number of aromatic nitrogens is 4. The summed E-state index contributed by atoms with van der Waals surface area (Å²) >= 11 is 0. The first-order valence-corrected chi connectivity index (χ1v) is 5.41. The lowest BCUT2D eigenvalue weighted by molar-refractivity contribution is 0.452. The SMILES string of the molecule is Cc1ccc(O)c(CNC(C)c2ncn[nH]2)n1. The second-order valence-corrected chi connectivity index (χ2v) is 3.89. The molecule has 0 aliphatic carbocycles. The Morgan fingerprint density at radius 2 is 2.29 bits per heavy atom. The van der Waals surface area contributed by atoms with E-state index in [-0.39, 0.29) is 11.8 Å². The summed E-state index contributed by atoms with van der Waals surface area (Å²) in [5.74, 6) is 0.963. The molecule has 0 radical (unpaired) electrons. The molecule has 0 fully saturated rings. The van der Waals surface area contributed by atoms with Gasteiger partial charge in [0.1, 0.15) is 17.9 Å². The van der Waals surface area contributed by atoms with Crippen molar-refractivity contribution in [2.45, 2.75) is 26.4 Å². The topological polar surface area (TPSA) is 86.7 Å². The Morgan fingerprint density at radius 3 is 3.00 bits per heavy atom. The highest BCUT2D eigenvalue weighted by molar-refractivity contribution is 5.27. The first-order valence-electron chi connectivity index (χ1n) is 5.41. The Hall–Kier alpha value is -1.95. The molecule has 1 atom stereocenters. The molecule has 2 rings (SSSR count). The van der Waals surface area contributed by atoms with Crippen LogP contribution in [0.1, 0.15) is 30.2 Å². The maximum Gasteiger partial charge on any atom is 0.141 e. The van der Waals surface area contributed by atoms with Gasteiger partial charge in [-0.05, 0) is 26.0 Å². The van der Waals surface area contributed by atoms with Crippen LogP contribution in [0, 0.1) is 6.92 Å². The minimum Gasteiger partial charge on any atom is -0.506 e. The highest BCUT2D eigenvalue weighted by Crippen LogP contribution is 2.15. The van der Waals surface area contributed by atoms with Crippen molar-refractivity contribution in [3.8, 4) is 5.75 Å². The average Bonchev–Trinajstić information content (AvgIpc) is 2.83. The van der Waals surface area contributed by atoms with Crippen LogP contribution in [0.15, 0.2) is 18.5 Å². The molecule has 6 nitrogen and oxygen atoms in total. The number of pyridine rings is 1. The van der Waals surface area contributed by atoms with Gasteiger partial charge in [-0.15, -0.1) is 0 Å². The predicted molar refractivity (Wildman–Crippen MR) is 62.3 cm³/mol. The molecular formula is C11H15N5O. The van der Waals surface area contributed by atoms with E-state index < -0.39 is 0 Å². The number of hydrogen-bond acceptors (Lipinski definition) is 5. The van der Waals surface area contributed by atoms with Gasteiger partial charge in [0.2, 0.25) is 0 Å². The number of hydrogen-bond donors (Lipinski definition) is 3. The lowest BCUT2D eigenvalue weighted by Gasteiger charge is -2.11. The number of nitrogens with one attached hydrogen (secondary N) is 2. The zero-order valence-electron chi connectivity index (χ0n) is 9.81. The summed E-state index contributed by atoms with van der Waals surface area (Å²) in [6.45, 7) is 4.34. The zero-order chi connectivity index (χ0) is 12.3. The van der Waals surface area contributed by atoms with Crippen LogP contribution in [0.3, 0.4) is 0 Å². The van der Waals surface area contributed by atoms with Gasteiger partial charge in [0, 0.05) is 12.2 Å².